The van der Waals surface area contributed by atoms with Crippen LogP contribution >= 0.6 is 11.6 Å². The predicted molar refractivity (Wildman–Crippen MR) is 107 cm³/mol. The molecule has 5 nitrogen and oxygen atoms in total. The molecule has 0 spiro atoms. The Hall–Kier alpha value is -3.05. The smallest absolute Gasteiger partial charge is 0.338 e. The average molecular weight is 380 g/mol. The summed E-state index contributed by atoms with van der Waals surface area (Å²) >= 11 is 6.52. The summed E-state index contributed by atoms with van der Waals surface area (Å²) in [7, 11) is 0. The van der Waals surface area contributed by atoms with Gasteiger partial charge in [-0.2, -0.15) is 0 Å². The number of hydrogen-bond donors (Lipinski definition) is 1. The standard InChI is InChI=1S/C21H18ClN3O2/c1-3-12-27-20(26)18-13(2)23-21-24-16-10-6-7-11-17(16)25(21)19(18)14-8-4-5-9-15(14)22/h3-11,19H,1,12H2,2H3,(H,23,24)/t19-/m1/s1. The number of hydrogen-bond acceptors (Lipinski definition) is 4. The fraction of sp³-hybridized carbons (Fsp3) is 0.143. The van der Waals surface area contributed by atoms with Crippen molar-refractivity contribution in [3.63, 3.8) is 0 Å². The Morgan fingerprint density at radius 1 is 1.30 bits per heavy atom. The van der Waals surface area contributed by atoms with E-state index in [2.05, 4.69) is 16.9 Å². The number of rotatable bonds is 4. The van der Waals surface area contributed by atoms with Gasteiger partial charge in [-0.25, -0.2) is 9.78 Å². The van der Waals surface area contributed by atoms with Gasteiger partial charge in [-0.05, 0) is 30.7 Å². The van der Waals surface area contributed by atoms with E-state index in [1.165, 1.54) is 0 Å². The second kappa shape index (κ2) is 6.93. The highest BCUT2D eigenvalue weighted by Gasteiger charge is 2.35. The molecule has 1 aliphatic heterocycles. The molecule has 0 unspecified atom stereocenters. The van der Waals surface area contributed by atoms with Crippen molar-refractivity contribution in [1.82, 2.24) is 9.55 Å². The van der Waals surface area contributed by atoms with Crippen LogP contribution in [0.1, 0.15) is 18.5 Å². The van der Waals surface area contributed by atoms with Gasteiger partial charge in [-0.3, -0.25) is 4.57 Å². The first-order valence-electron chi connectivity index (χ1n) is 8.59. The van der Waals surface area contributed by atoms with Gasteiger partial charge < -0.3 is 10.1 Å². The monoisotopic (exact) mass is 379 g/mol. The maximum atomic E-state index is 12.9. The summed E-state index contributed by atoms with van der Waals surface area (Å²) in [6.45, 7) is 5.60. The lowest BCUT2D eigenvalue weighted by molar-refractivity contribution is -0.138. The highest BCUT2D eigenvalue weighted by Crippen LogP contribution is 2.41. The number of para-hydroxylation sites is 2. The molecule has 0 saturated heterocycles. The number of fused-ring (bicyclic) bond motifs is 3. The maximum absolute atomic E-state index is 12.9. The third-order valence-electron chi connectivity index (χ3n) is 4.58. The minimum absolute atomic E-state index is 0.141. The van der Waals surface area contributed by atoms with E-state index < -0.39 is 12.0 Å². The molecule has 3 aromatic rings. The van der Waals surface area contributed by atoms with E-state index in [4.69, 9.17) is 16.3 Å². The number of imidazole rings is 1. The first-order chi connectivity index (χ1) is 13.1. The third-order valence-corrected chi connectivity index (χ3v) is 4.93. The molecule has 6 heteroatoms. The number of carbonyl (C=O) groups is 1. The molecule has 0 saturated carbocycles. The highest BCUT2D eigenvalue weighted by atomic mass is 35.5. The molecule has 0 fully saturated rings. The van der Waals surface area contributed by atoms with Crippen molar-refractivity contribution in [2.75, 3.05) is 11.9 Å². The van der Waals surface area contributed by atoms with Crippen LogP contribution in [0.2, 0.25) is 5.02 Å². The molecular formula is C21H18ClN3O2. The van der Waals surface area contributed by atoms with Gasteiger partial charge in [0.25, 0.3) is 0 Å². The van der Waals surface area contributed by atoms with Crippen molar-refractivity contribution in [1.29, 1.82) is 0 Å². The zero-order valence-electron chi connectivity index (χ0n) is 14.8. The summed E-state index contributed by atoms with van der Waals surface area (Å²) in [6.07, 6.45) is 1.55. The number of anilines is 1. The molecule has 27 heavy (non-hydrogen) atoms. The Morgan fingerprint density at radius 3 is 2.81 bits per heavy atom. The van der Waals surface area contributed by atoms with Crippen molar-refractivity contribution >= 4 is 34.6 Å². The fourth-order valence-corrected chi connectivity index (χ4v) is 3.67. The van der Waals surface area contributed by atoms with Crippen molar-refractivity contribution in [3.8, 4) is 0 Å². The first-order valence-corrected chi connectivity index (χ1v) is 8.97. The van der Waals surface area contributed by atoms with E-state index in [0.717, 1.165) is 16.6 Å². The molecule has 0 amide bonds. The number of aromatic nitrogens is 2. The van der Waals surface area contributed by atoms with E-state index in [9.17, 15) is 4.79 Å². The quantitative estimate of drug-likeness (QED) is 0.527. The van der Waals surface area contributed by atoms with E-state index in [1.54, 1.807) is 6.08 Å². The number of nitrogens with one attached hydrogen (secondary N) is 1. The summed E-state index contributed by atoms with van der Waals surface area (Å²) in [5.41, 5.74) is 3.75. The number of carbonyl (C=O) groups excluding carboxylic acids is 1. The molecule has 136 valence electrons. The van der Waals surface area contributed by atoms with Crippen molar-refractivity contribution in [2.24, 2.45) is 0 Å². The zero-order chi connectivity index (χ0) is 19.0. The van der Waals surface area contributed by atoms with Crippen molar-refractivity contribution < 1.29 is 9.53 Å². The van der Waals surface area contributed by atoms with Gasteiger partial charge in [0, 0.05) is 10.7 Å². The maximum Gasteiger partial charge on any atom is 0.338 e. The Bertz CT molecular complexity index is 1080. The van der Waals surface area contributed by atoms with Crippen molar-refractivity contribution in [2.45, 2.75) is 13.0 Å². The number of ether oxygens (including phenoxy) is 1. The molecule has 4 rings (SSSR count). The van der Waals surface area contributed by atoms with Crippen LogP contribution in [0.5, 0.6) is 0 Å². The van der Waals surface area contributed by atoms with Crippen LogP contribution in [0.4, 0.5) is 5.95 Å². The van der Waals surface area contributed by atoms with Gasteiger partial charge in [0.1, 0.15) is 6.61 Å². The van der Waals surface area contributed by atoms with Gasteiger partial charge in [0.2, 0.25) is 5.95 Å². The largest absolute Gasteiger partial charge is 0.458 e. The predicted octanol–water partition coefficient (Wildman–Crippen LogP) is 4.71. The van der Waals surface area contributed by atoms with E-state index in [0.29, 0.717) is 22.2 Å². The second-order valence-electron chi connectivity index (χ2n) is 6.27. The zero-order valence-corrected chi connectivity index (χ0v) is 15.5. The minimum atomic E-state index is -0.445. The number of esters is 1. The second-order valence-corrected chi connectivity index (χ2v) is 6.68. The SMILES string of the molecule is C=CCOC(=O)C1=C(C)Nc2nc3ccccc3n2[C@@H]1c1ccccc1Cl. The lowest BCUT2D eigenvalue weighted by Crippen LogP contribution is -2.29. The lowest BCUT2D eigenvalue weighted by atomic mass is 9.95. The first kappa shape index (κ1) is 17.4. The van der Waals surface area contributed by atoms with Gasteiger partial charge >= 0.3 is 5.97 Å². The van der Waals surface area contributed by atoms with Crippen LogP contribution in [0, 0.1) is 0 Å². The topological polar surface area (TPSA) is 56.1 Å². The molecule has 0 aliphatic carbocycles. The molecule has 2 aromatic carbocycles. The minimum Gasteiger partial charge on any atom is -0.458 e. The van der Waals surface area contributed by atoms with Gasteiger partial charge in [0.05, 0.1) is 22.6 Å². The number of benzene rings is 2. The Labute approximate surface area is 161 Å². The highest BCUT2D eigenvalue weighted by molar-refractivity contribution is 6.31. The number of nitrogens with zero attached hydrogens (tertiary/aromatic N) is 2. The van der Waals surface area contributed by atoms with Crippen LogP contribution in [-0.2, 0) is 9.53 Å². The Kier molecular flexibility index (Phi) is 4.46. The molecule has 0 radical (unpaired) electrons. The Balaban J connectivity index is 1.97. The van der Waals surface area contributed by atoms with Gasteiger partial charge in [-0.15, -0.1) is 0 Å². The third kappa shape index (κ3) is 2.90. The molecule has 1 N–H and O–H groups in total. The van der Waals surface area contributed by atoms with Crippen LogP contribution in [0.15, 0.2) is 72.5 Å². The molecule has 1 atom stereocenters. The number of allylic oxidation sites excluding steroid dienone is 1. The summed E-state index contributed by atoms with van der Waals surface area (Å²) in [5.74, 6) is 0.257. The van der Waals surface area contributed by atoms with Crippen LogP contribution in [-0.4, -0.2) is 22.1 Å². The average Bonchev–Trinajstić information content (AvgIpc) is 3.03. The van der Waals surface area contributed by atoms with Gasteiger partial charge in [0.15, 0.2) is 0 Å². The van der Waals surface area contributed by atoms with Crippen LogP contribution in [0.25, 0.3) is 11.0 Å². The molecule has 1 aromatic heterocycles. The lowest BCUT2D eigenvalue weighted by Gasteiger charge is -2.30. The summed E-state index contributed by atoms with van der Waals surface area (Å²) in [6, 6.07) is 14.9. The summed E-state index contributed by atoms with van der Waals surface area (Å²) < 4.78 is 7.36. The van der Waals surface area contributed by atoms with E-state index in [-0.39, 0.29) is 6.61 Å². The van der Waals surface area contributed by atoms with Crippen LogP contribution < -0.4 is 5.32 Å². The van der Waals surface area contributed by atoms with Crippen LogP contribution in [0.3, 0.4) is 0 Å². The molecule has 1 aliphatic rings. The summed E-state index contributed by atoms with van der Waals surface area (Å²) in [4.78, 5) is 17.6. The molecule has 0 bridgehead atoms. The summed E-state index contributed by atoms with van der Waals surface area (Å²) in [5, 5.41) is 3.82. The normalized spacial score (nSPS) is 16.0. The molecule has 2 heterocycles. The van der Waals surface area contributed by atoms with Gasteiger partial charge in [-0.1, -0.05) is 54.6 Å². The number of halogens is 1. The fourth-order valence-electron chi connectivity index (χ4n) is 3.43. The Morgan fingerprint density at radius 2 is 2.04 bits per heavy atom. The van der Waals surface area contributed by atoms with Crippen molar-refractivity contribution in [3.05, 3.63) is 83.0 Å². The van der Waals surface area contributed by atoms with E-state index >= 15 is 0 Å². The van der Waals surface area contributed by atoms with E-state index in [1.807, 2.05) is 60.0 Å². The molecular weight excluding hydrogens is 362 g/mol.